The number of carboxylic acids is 1. The summed E-state index contributed by atoms with van der Waals surface area (Å²) in [4.78, 5) is 108. The second-order valence-corrected chi connectivity index (χ2v) is 17.5. The summed E-state index contributed by atoms with van der Waals surface area (Å²) in [7, 11) is 0. The molecule has 0 aromatic carbocycles. The van der Waals surface area contributed by atoms with Gasteiger partial charge in [0.05, 0.1) is 6.04 Å². The molecule has 400 valence electrons. The fourth-order valence-corrected chi connectivity index (χ4v) is 7.26. The number of hydrogen-bond acceptors (Lipinski definition) is 16. The fourth-order valence-electron chi connectivity index (χ4n) is 7.26. The molecule has 0 aromatic rings. The Bertz CT molecular complexity index is 1500. The molecule has 0 aliphatic rings. The maximum Gasteiger partial charge on any atom is 0.326 e. The summed E-state index contributed by atoms with van der Waals surface area (Å²) in [6.45, 7) is 3.77. The standard InChI is InChI=1S/C45H91N15O9/c1-30(53)38(61)54-31(16-2-9-23-46)39(62)55-32(17-3-10-24-47)40(63)56-33(18-4-11-25-48)41(64)57-34(19-5-12-26-49)42(65)58-35(20-6-13-27-50)43(66)59-36(21-7-14-28-51)44(67)60-37(45(68)69)22-8-15-29-52/h30-37H,2-29,46-53H2,1H3,(H,54,61)(H,55,62)(H,56,63)(H,57,64)(H,58,65)(H,59,66)(H,60,67)(H,68,69)/t30-,31-,32-,33-,34-,35-,36-,37-/m0/s1. The first-order valence-corrected chi connectivity index (χ1v) is 25.1. The van der Waals surface area contributed by atoms with Crippen LogP contribution < -0.4 is 83.1 Å². The van der Waals surface area contributed by atoms with E-state index in [1.54, 1.807) is 0 Å². The Hall–Kier alpha value is -4.56. The van der Waals surface area contributed by atoms with Gasteiger partial charge in [0.25, 0.3) is 0 Å². The Morgan fingerprint density at radius 3 is 0.623 bits per heavy atom. The van der Waals surface area contributed by atoms with Crippen LogP contribution in [0.5, 0.6) is 0 Å². The first kappa shape index (κ1) is 64.4. The van der Waals surface area contributed by atoms with Gasteiger partial charge in [0, 0.05) is 0 Å². The zero-order chi connectivity index (χ0) is 52.0. The molecule has 24 heteroatoms. The monoisotopic (exact) mass is 986 g/mol. The molecular formula is C45H91N15O9. The van der Waals surface area contributed by atoms with Crippen LogP contribution in [0.25, 0.3) is 0 Å². The molecule has 0 aliphatic carbocycles. The fraction of sp³-hybridized carbons (Fsp3) is 0.822. The number of carboxylic acid groups (broad SMARTS) is 1. The van der Waals surface area contributed by atoms with Crippen LogP contribution in [0, 0.1) is 0 Å². The van der Waals surface area contributed by atoms with E-state index in [9.17, 15) is 43.5 Å². The molecule has 0 aliphatic heterocycles. The number of aliphatic carboxylic acids is 1. The van der Waals surface area contributed by atoms with Crippen molar-refractivity contribution < 1.29 is 43.5 Å². The lowest BCUT2D eigenvalue weighted by Crippen LogP contribution is -2.60. The van der Waals surface area contributed by atoms with Gasteiger partial charge in [0.1, 0.15) is 42.3 Å². The third-order valence-electron chi connectivity index (χ3n) is 11.5. The molecule has 24 N–H and O–H groups in total. The molecule has 7 amide bonds. The van der Waals surface area contributed by atoms with Crippen LogP contribution in [0.2, 0.25) is 0 Å². The van der Waals surface area contributed by atoms with Crippen LogP contribution in [0.1, 0.15) is 142 Å². The highest BCUT2D eigenvalue weighted by Crippen LogP contribution is 2.12. The predicted octanol–water partition coefficient (Wildman–Crippen LogP) is -3.29. The Kier molecular flexibility index (Phi) is 37.5. The number of nitrogens with two attached hydrogens (primary N) is 8. The lowest BCUT2D eigenvalue weighted by atomic mass is 10.0. The second-order valence-electron chi connectivity index (χ2n) is 17.5. The summed E-state index contributed by atoms with van der Waals surface area (Å²) in [5.74, 6) is -5.92. The molecule has 0 unspecified atom stereocenters. The molecule has 8 atom stereocenters. The van der Waals surface area contributed by atoms with Gasteiger partial charge in [0.2, 0.25) is 41.4 Å². The summed E-state index contributed by atoms with van der Waals surface area (Å²) < 4.78 is 0. The molecular weight excluding hydrogens is 895 g/mol. The van der Waals surface area contributed by atoms with Crippen molar-refractivity contribution >= 4 is 47.3 Å². The smallest absolute Gasteiger partial charge is 0.326 e. The van der Waals surface area contributed by atoms with Crippen molar-refractivity contribution in [2.24, 2.45) is 45.9 Å². The zero-order valence-corrected chi connectivity index (χ0v) is 41.2. The summed E-state index contributed by atoms with van der Waals surface area (Å²) >= 11 is 0. The minimum Gasteiger partial charge on any atom is -0.480 e. The Morgan fingerprint density at radius 1 is 0.304 bits per heavy atom. The number of rotatable bonds is 43. The van der Waals surface area contributed by atoms with Gasteiger partial charge in [0.15, 0.2) is 0 Å². The summed E-state index contributed by atoms with van der Waals surface area (Å²) in [5.41, 5.74) is 45.7. The van der Waals surface area contributed by atoms with Crippen LogP contribution in [0.15, 0.2) is 0 Å². The number of nitrogens with one attached hydrogen (secondary N) is 7. The van der Waals surface area contributed by atoms with Gasteiger partial charge < -0.3 is 88.2 Å². The van der Waals surface area contributed by atoms with Crippen LogP contribution in [0.3, 0.4) is 0 Å². The molecule has 0 saturated carbocycles. The van der Waals surface area contributed by atoms with Crippen LogP contribution in [0.4, 0.5) is 0 Å². The zero-order valence-electron chi connectivity index (χ0n) is 41.2. The molecule has 0 radical (unpaired) electrons. The molecule has 69 heavy (non-hydrogen) atoms. The minimum atomic E-state index is -1.24. The average Bonchev–Trinajstić information content (AvgIpc) is 3.31. The van der Waals surface area contributed by atoms with E-state index in [0.717, 1.165) is 0 Å². The first-order chi connectivity index (χ1) is 33.0. The topological polar surface area (TPSA) is 449 Å². The highest BCUT2D eigenvalue weighted by Gasteiger charge is 2.34. The Morgan fingerprint density at radius 2 is 0.464 bits per heavy atom. The van der Waals surface area contributed by atoms with Crippen molar-refractivity contribution in [3.05, 3.63) is 0 Å². The van der Waals surface area contributed by atoms with E-state index >= 15 is 0 Å². The minimum absolute atomic E-state index is 0.108. The van der Waals surface area contributed by atoms with Crippen molar-refractivity contribution in [1.29, 1.82) is 0 Å². The van der Waals surface area contributed by atoms with Crippen LogP contribution in [-0.4, -0.2) is 147 Å². The third-order valence-corrected chi connectivity index (χ3v) is 11.5. The highest BCUT2D eigenvalue weighted by molar-refractivity contribution is 5.97. The van der Waals surface area contributed by atoms with Gasteiger partial charge >= 0.3 is 5.97 Å². The van der Waals surface area contributed by atoms with E-state index in [1.165, 1.54) is 6.92 Å². The number of carbonyl (C=O) groups excluding carboxylic acids is 7. The lowest BCUT2D eigenvalue weighted by molar-refractivity contribution is -0.142. The largest absolute Gasteiger partial charge is 0.480 e. The third kappa shape index (κ3) is 29.3. The van der Waals surface area contributed by atoms with E-state index in [1.807, 2.05) is 0 Å². The van der Waals surface area contributed by atoms with E-state index in [0.29, 0.717) is 136 Å². The average molecular weight is 986 g/mol. The molecule has 0 saturated heterocycles. The molecule has 0 fully saturated rings. The summed E-state index contributed by atoms with van der Waals surface area (Å²) in [6.07, 6.45) is 7.83. The highest BCUT2D eigenvalue weighted by atomic mass is 16.4. The summed E-state index contributed by atoms with van der Waals surface area (Å²) in [5, 5.41) is 28.8. The van der Waals surface area contributed by atoms with Gasteiger partial charge in [-0.25, -0.2) is 4.79 Å². The Labute approximate surface area is 408 Å². The lowest BCUT2D eigenvalue weighted by Gasteiger charge is -2.28. The SMILES string of the molecule is C[C@H](N)C(=O)N[C@@H](CCCCN)C(=O)N[C@@H](CCCCN)C(=O)N[C@@H](CCCCN)C(=O)N[C@@H](CCCCN)C(=O)N[C@@H](CCCCN)C(=O)N[C@@H](CCCCN)C(=O)N[C@@H](CCCCN)C(=O)O. The molecule has 0 rings (SSSR count). The number of unbranched alkanes of at least 4 members (excludes halogenated alkanes) is 7. The maximum atomic E-state index is 14.2. The van der Waals surface area contributed by atoms with E-state index < -0.39 is 95.7 Å². The number of hydrogen-bond donors (Lipinski definition) is 16. The normalized spacial score (nSPS) is 14.7. The maximum absolute atomic E-state index is 14.2. The molecule has 0 bridgehead atoms. The van der Waals surface area contributed by atoms with Crippen LogP contribution >= 0.6 is 0 Å². The molecule has 24 nitrogen and oxygen atoms in total. The Balaban J connectivity index is 6.70. The van der Waals surface area contributed by atoms with Gasteiger partial charge in [-0.3, -0.25) is 33.6 Å². The molecule has 0 heterocycles. The van der Waals surface area contributed by atoms with Gasteiger partial charge in [-0.2, -0.15) is 0 Å². The van der Waals surface area contributed by atoms with Crippen molar-refractivity contribution in [1.82, 2.24) is 37.2 Å². The van der Waals surface area contributed by atoms with Crippen molar-refractivity contribution in [2.75, 3.05) is 45.8 Å². The van der Waals surface area contributed by atoms with Gasteiger partial charge in [-0.05, 0) is 188 Å². The quantitative estimate of drug-likeness (QED) is 0.0266. The first-order valence-electron chi connectivity index (χ1n) is 25.1. The van der Waals surface area contributed by atoms with Crippen molar-refractivity contribution in [3.63, 3.8) is 0 Å². The van der Waals surface area contributed by atoms with E-state index in [2.05, 4.69) is 37.2 Å². The second kappa shape index (κ2) is 40.2. The van der Waals surface area contributed by atoms with Crippen molar-refractivity contribution in [3.8, 4) is 0 Å². The van der Waals surface area contributed by atoms with E-state index in [4.69, 9.17) is 45.9 Å². The van der Waals surface area contributed by atoms with Crippen molar-refractivity contribution in [2.45, 2.75) is 190 Å². The molecule has 0 spiro atoms. The van der Waals surface area contributed by atoms with Gasteiger partial charge in [-0.15, -0.1) is 0 Å². The van der Waals surface area contributed by atoms with Gasteiger partial charge in [-0.1, -0.05) is 0 Å². The summed E-state index contributed by atoms with van der Waals surface area (Å²) in [6, 6.07) is -9.03. The van der Waals surface area contributed by atoms with E-state index in [-0.39, 0.29) is 44.9 Å². The number of amides is 7. The number of carbonyl (C=O) groups is 8. The van der Waals surface area contributed by atoms with Crippen LogP contribution in [-0.2, 0) is 38.4 Å². The molecule has 0 aromatic heterocycles. The predicted molar refractivity (Wildman–Crippen MR) is 265 cm³/mol.